The van der Waals surface area contributed by atoms with Crippen molar-refractivity contribution in [3.05, 3.63) is 35.7 Å². The highest BCUT2D eigenvalue weighted by molar-refractivity contribution is 5.77. The van der Waals surface area contributed by atoms with E-state index in [9.17, 15) is 18.0 Å². The number of alkyl halides is 3. The average Bonchev–Trinajstić information content (AvgIpc) is 3.24. The number of hydrogen-bond acceptors (Lipinski definition) is 8. The Balaban J connectivity index is 1.36. The first-order valence-corrected chi connectivity index (χ1v) is 10.1. The molecule has 0 saturated carbocycles. The molecule has 9 nitrogen and oxygen atoms in total. The lowest BCUT2D eigenvalue weighted by molar-refractivity contribution is -0.137. The predicted octanol–water partition coefficient (Wildman–Crippen LogP) is 2.92. The number of carbonyl (C=O) groups excluding carboxylic acids is 1. The molecule has 1 N–H and O–H groups in total. The van der Waals surface area contributed by atoms with Crippen molar-refractivity contribution in [2.75, 3.05) is 33.0 Å². The maximum atomic E-state index is 12.6. The van der Waals surface area contributed by atoms with Gasteiger partial charge in [0.2, 0.25) is 5.89 Å². The molecule has 12 heteroatoms. The van der Waals surface area contributed by atoms with Crippen LogP contribution in [0.15, 0.2) is 28.7 Å². The number of rotatable bonds is 10. The molecule has 0 bridgehead atoms. The fourth-order valence-corrected chi connectivity index (χ4v) is 2.96. The van der Waals surface area contributed by atoms with Gasteiger partial charge in [0.05, 0.1) is 24.8 Å². The summed E-state index contributed by atoms with van der Waals surface area (Å²) in [7, 11) is 0. The van der Waals surface area contributed by atoms with E-state index in [1.807, 2.05) is 6.92 Å². The molecule has 1 aromatic carbocycles. The fourth-order valence-electron chi connectivity index (χ4n) is 2.96. The molecule has 1 aliphatic heterocycles. The van der Waals surface area contributed by atoms with Crippen molar-refractivity contribution in [1.29, 1.82) is 0 Å². The number of halogens is 3. The van der Waals surface area contributed by atoms with Gasteiger partial charge >= 0.3 is 12.3 Å². The number of hydrogen-bond donors (Lipinski definition) is 1. The van der Waals surface area contributed by atoms with Crippen molar-refractivity contribution in [3.8, 4) is 11.8 Å². The number of ether oxygens (including phenoxy) is 4. The second-order valence-corrected chi connectivity index (χ2v) is 6.93. The first kappa shape index (κ1) is 23.8. The molecule has 1 saturated heterocycles. The van der Waals surface area contributed by atoms with Crippen LogP contribution in [0.5, 0.6) is 11.8 Å². The Morgan fingerprint density at radius 1 is 1.16 bits per heavy atom. The fraction of sp³-hybridized carbons (Fsp3) is 0.550. The molecule has 0 unspecified atom stereocenters. The number of amides is 1. The smallest absolute Gasteiger partial charge is 0.416 e. The lowest BCUT2D eigenvalue weighted by Gasteiger charge is -2.27. The predicted molar refractivity (Wildman–Crippen MR) is 103 cm³/mol. The molecule has 0 aliphatic carbocycles. The lowest BCUT2D eigenvalue weighted by atomic mass is 10.1. The lowest BCUT2D eigenvalue weighted by Crippen LogP contribution is -2.43. The van der Waals surface area contributed by atoms with Gasteiger partial charge in [-0.1, -0.05) is 5.10 Å². The molecule has 2 aromatic rings. The van der Waals surface area contributed by atoms with Crippen LogP contribution in [0.3, 0.4) is 0 Å². The molecule has 176 valence electrons. The van der Waals surface area contributed by atoms with Gasteiger partial charge in [-0.15, -0.1) is 5.10 Å². The van der Waals surface area contributed by atoms with Gasteiger partial charge in [-0.3, -0.25) is 4.79 Å². The van der Waals surface area contributed by atoms with E-state index in [1.54, 1.807) is 0 Å². The summed E-state index contributed by atoms with van der Waals surface area (Å²) in [6, 6.07) is 3.90. The molecule has 1 fully saturated rings. The van der Waals surface area contributed by atoms with Gasteiger partial charge in [-0.05, 0) is 44.0 Å². The van der Waals surface area contributed by atoms with E-state index >= 15 is 0 Å². The summed E-state index contributed by atoms with van der Waals surface area (Å²) >= 11 is 0. The second kappa shape index (κ2) is 11.1. The molecule has 0 spiro atoms. The Kier molecular flexibility index (Phi) is 8.28. The normalized spacial score (nSPS) is 18.9. The van der Waals surface area contributed by atoms with Gasteiger partial charge in [0, 0.05) is 6.61 Å². The summed E-state index contributed by atoms with van der Waals surface area (Å²) in [4.78, 5) is 12.1. The van der Waals surface area contributed by atoms with Crippen LogP contribution in [-0.2, 0) is 20.4 Å². The Morgan fingerprint density at radius 2 is 1.94 bits per heavy atom. The van der Waals surface area contributed by atoms with Crippen molar-refractivity contribution in [2.45, 2.75) is 38.1 Å². The van der Waals surface area contributed by atoms with Crippen LogP contribution in [0.4, 0.5) is 13.2 Å². The molecule has 1 aromatic heterocycles. The van der Waals surface area contributed by atoms with Crippen LogP contribution >= 0.6 is 0 Å². The Hall–Kier alpha value is -2.86. The summed E-state index contributed by atoms with van der Waals surface area (Å²) in [5, 5.41) is 10.5. The number of benzene rings is 1. The van der Waals surface area contributed by atoms with E-state index in [2.05, 4.69) is 15.5 Å². The minimum absolute atomic E-state index is 0.0409. The minimum Gasteiger partial charge on any atom is -0.484 e. The summed E-state index contributed by atoms with van der Waals surface area (Å²) in [5.41, 5.74) is -0.784. The zero-order valence-electron chi connectivity index (χ0n) is 17.4. The first-order chi connectivity index (χ1) is 15.3. The summed E-state index contributed by atoms with van der Waals surface area (Å²) in [5.74, 6) is 0.0651. The molecule has 2 heterocycles. The van der Waals surface area contributed by atoms with Crippen LogP contribution in [0.2, 0.25) is 0 Å². The van der Waals surface area contributed by atoms with E-state index in [-0.39, 0.29) is 31.1 Å². The maximum absolute atomic E-state index is 12.6. The summed E-state index contributed by atoms with van der Waals surface area (Å²) < 4.78 is 64.5. The molecule has 0 radical (unpaired) electrons. The highest BCUT2D eigenvalue weighted by Gasteiger charge is 2.30. The largest absolute Gasteiger partial charge is 0.484 e. The summed E-state index contributed by atoms with van der Waals surface area (Å²) in [6.07, 6.45) is -3.62. The average molecular weight is 459 g/mol. The third-order valence-corrected chi connectivity index (χ3v) is 4.55. The molecule has 32 heavy (non-hydrogen) atoms. The zero-order valence-corrected chi connectivity index (χ0v) is 17.4. The highest BCUT2D eigenvalue weighted by atomic mass is 19.4. The van der Waals surface area contributed by atoms with Crippen LogP contribution in [0.1, 0.15) is 37.3 Å². The Bertz CT molecular complexity index is 851. The van der Waals surface area contributed by atoms with Crippen LogP contribution in [0, 0.1) is 0 Å². The number of aromatic nitrogens is 2. The molecular weight excluding hydrogens is 435 g/mol. The SMILES string of the molecule is CCOCCOc1nnc([C@H]2CC[C@H](NC(=O)COc3ccc(C(F)(F)F)cc3)CO2)o1. The molecular formula is C20H24F3N3O6. The van der Waals surface area contributed by atoms with Crippen LogP contribution in [0.25, 0.3) is 0 Å². The molecule has 3 rings (SSSR count). The monoisotopic (exact) mass is 459 g/mol. The zero-order chi connectivity index (χ0) is 23.0. The van der Waals surface area contributed by atoms with Crippen molar-refractivity contribution >= 4 is 5.91 Å². The van der Waals surface area contributed by atoms with Crippen LogP contribution in [-0.4, -0.2) is 55.2 Å². The molecule has 1 amide bonds. The number of nitrogens with zero attached hydrogens (tertiary/aromatic N) is 2. The third-order valence-electron chi connectivity index (χ3n) is 4.55. The quantitative estimate of drug-likeness (QED) is 0.541. The number of nitrogens with one attached hydrogen (secondary N) is 1. The van der Waals surface area contributed by atoms with E-state index in [0.29, 0.717) is 38.6 Å². The minimum atomic E-state index is -4.42. The van der Waals surface area contributed by atoms with E-state index in [4.69, 9.17) is 23.4 Å². The maximum Gasteiger partial charge on any atom is 0.416 e. The van der Waals surface area contributed by atoms with E-state index in [0.717, 1.165) is 12.1 Å². The van der Waals surface area contributed by atoms with E-state index in [1.165, 1.54) is 12.1 Å². The van der Waals surface area contributed by atoms with Crippen LogP contribution < -0.4 is 14.8 Å². The topological polar surface area (TPSA) is 105 Å². The third kappa shape index (κ3) is 7.09. The van der Waals surface area contributed by atoms with Gasteiger partial charge in [-0.2, -0.15) is 13.2 Å². The first-order valence-electron chi connectivity index (χ1n) is 10.1. The van der Waals surface area contributed by atoms with Gasteiger partial charge in [0.1, 0.15) is 18.5 Å². The highest BCUT2D eigenvalue weighted by Crippen LogP contribution is 2.30. The number of carbonyl (C=O) groups is 1. The molecule has 1 aliphatic rings. The standard InChI is InChI=1S/C20H24F3N3O6/c1-2-28-9-10-29-19-26-25-18(32-19)16-8-5-14(11-31-16)24-17(27)12-30-15-6-3-13(4-7-15)20(21,22)23/h3-4,6-7,14,16H,2,5,8-12H2,1H3,(H,24,27)/t14-,16+/m0/s1. The summed E-state index contributed by atoms with van der Waals surface area (Å²) in [6.45, 7) is 3.10. The van der Waals surface area contributed by atoms with Gasteiger partial charge < -0.3 is 28.7 Å². The second-order valence-electron chi connectivity index (χ2n) is 6.93. The van der Waals surface area contributed by atoms with Gasteiger partial charge in [0.25, 0.3) is 5.91 Å². The Labute approximate surface area is 182 Å². The Morgan fingerprint density at radius 3 is 2.59 bits per heavy atom. The van der Waals surface area contributed by atoms with Crippen molar-refractivity contribution < 1.29 is 41.3 Å². The molecule has 2 atom stereocenters. The van der Waals surface area contributed by atoms with E-state index < -0.39 is 23.8 Å². The van der Waals surface area contributed by atoms with Crippen molar-refractivity contribution in [2.24, 2.45) is 0 Å². The van der Waals surface area contributed by atoms with Gasteiger partial charge in [-0.25, -0.2) is 0 Å². The van der Waals surface area contributed by atoms with Gasteiger partial charge in [0.15, 0.2) is 6.61 Å². The van der Waals surface area contributed by atoms with Crippen molar-refractivity contribution in [1.82, 2.24) is 15.5 Å². The van der Waals surface area contributed by atoms with Crippen molar-refractivity contribution in [3.63, 3.8) is 0 Å².